The van der Waals surface area contributed by atoms with E-state index in [9.17, 15) is 0 Å². The van der Waals surface area contributed by atoms with Crippen LogP contribution in [0.25, 0.3) is 0 Å². The SMILES string of the molecule is CC(C)NCCCC(C)OCCC1CCC1. The molecule has 16 heavy (non-hydrogen) atoms. The van der Waals surface area contributed by atoms with Gasteiger partial charge in [0.15, 0.2) is 0 Å². The third kappa shape index (κ3) is 6.49. The maximum atomic E-state index is 5.83. The summed E-state index contributed by atoms with van der Waals surface area (Å²) >= 11 is 0. The van der Waals surface area contributed by atoms with Gasteiger partial charge in [0.2, 0.25) is 0 Å². The Morgan fingerprint density at radius 1 is 1.25 bits per heavy atom. The molecular weight excluding hydrogens is 198 g/mol. The molecule has 0 saturated heterocycles. The molecule has 0 amide bonds. The fourth-order valence-electron chi connectivity index (χ4n) is 2.08. The summed E-state index contributed by atoms with van der Waals surface area (Å²) in [5.41, 5.74) is 0. The smallest absolute Gasteiger partial charge is 0.0547 e. The average Bonchev–Trinajstić information content (AvgIpc) is 2.16. The van der Waals surface area contributed by atoms with Crippen LogP contribution in [0.2, 0.25) is 0 Å². The Morgan fingerprint density at radius 3 is 2.56 bits per heavy atom. The zero-order valence-corrected chi connectivity index (χ0v) is 11.3. The van der Waals surface area contributed by atoms with Gasteiger partial charge in [0.25, 0.3) is 0 Å². The molecule has 0 aromatic heterocycles. The van der Waals surface area contributed by atoms with E-state index in [1.54, 1.807) is 0 Å². The summed E-state index contributed by atoms with van der Waals surface area (Å²) in [4.78, 5) is 0. The third-order valence-corrected chi connectivity index (χ3v) is 3.49. The summed E-state index contributed by atoms with van der Waals surface area (Å²) in [6.45, 7) is 8.69. The normalized spacial score (nSPS) is 18.8. The molecule has 1 atom stereocenters. The predicted molar refractivity (Wildman–Crippen MR) is 69.7 cm³/mol. The standard InChI is InChI=1S/C14H29NO/c1-12(2)15-10-5-6-13(3)16-11-9-14-7-4-8-14/h12-15H,4-11H2,1-3H3. The van der Waals surface area contributed by atoms with Crippen molar-refractivity contribution in [2.45, 2.75) is 71.4 Å². The fourth-order valence-corrected chi connectivity index (χ4v) is 2.08. The molecule has 2 nitrogen and oxygen atoms in total. The summed E-state index contributed by atoms with van der Waals surface area (Å²) in [7, 11) is 0. The molecule has 1 N–H and O–H groups in total. The second-order valence-electron chi connectivity index (χ2n) is 5.52. The molecule has 96 valence electrons. The molecule has 0 radical (unpaired) electrons. The molecule has 1 aliphatic carbocycles. The van der Waals surface area contributed by atoms with E-state index >= 15 is 0 Å². The highest BCUT2D eigenvalue weighted by atomic mass is 16.5. The molecule has 0 spiro atoms. The van der Waals surface area contributed by atoms with Gasteiger partial charge in [-0.1, -0.05) is 33.1 Å². The number of ether oxygens (including phenoxy) is 1. The van der Waals surface area contributed by atoms with Crippen molar-refractivity contribution in [3.63, 3.8) is 0 Å². The van der Waals surface area contributed by atoms with Gasteiger partial charge in [0.1, 0.15) is 0 Å². The van der Waals surface area contributed by atoms with Crippen LogP contribution in [0.4, 0.5) is 0 Å². The summed E-state index contributed by atoms with van der Waals surface area (Å²) < 4.78 is 5.83. The van der Waals surface area contributed by atoms with Gasteiger partial charge in [-0.15, -0.1) is 0 Å². The van der Waals surface area contributed by atoms with Crippen LogP contribution >= 0.6 is 0 Å². The molecule has 0 aromatic rings. The van der Waals surface area contributed by atoms with Gasteiger partial charge in [-0.3, -0.25) is 0 Å². The van der Waals surface area contributed by atoms with Crippen molar-refractivity contribution in [2.75, 3.05) is 13.2 Å². The molecule has 1 saturated carbocycles. The maximum Gasteiger partial charge on any atom is 0.0547 e. The Hall–Kier alpha value is -0.0800. The lowest BCUT2D eigenvalue weighted by molar-refractivity contribution is 0.0431. The lowest BCUT2D eigenvalue weighted by atomic mass is 9.83. The van der Waals surface area contributed by atoms with Crippen molar-refractivity contribution < 1.29 is 4.74 Å². The highest BCUT2D eigenvalue weighted by Gasteiger charge is 2.16. The van der Waals surface area contributed by atoms with Gasteiger partial charge in [-0.05, 0) is 38.6 Å². The topological polar surface area (TPSA) is 21.3 Å². The summed E-state index contributed by atoms with van der Waals surface area (Å²) in [5.74, 6) is 0.981. The first kappa shape index (κ1) is 14.0. The molecule has 0 heterocycles. The van der Waals surface area contributed by atoms with Crippen molar-refractivity contribution in [2.24, 2.45) is 5.92 Å². The Labute approximate surface area is 101 Å². The van der Waals surface area contributed by atoms with E-state index in [1.165, 1.54) is 38.5 Å². The molecular formula is C14H29NO. The van der Waals surface area contributed by atoms with Gasteiger partial charge in [0.05, 0.1) is 6.10 Å². The average molecular weight is 227 g/mol. The minimum absolute atomic E-state index is 0.439. The van der Waals surface area contributed by atoms with E-state index in [1.807, 2.05) is 0 Å². The Bertz CT molecular complexity index is 166. The highest BCUT2D eigenvalue weighted by molar-refractivity contribution is 4.69. The van der Waals surface area contributed by atoms with E-state index in [0.717, 1.165) is 19.1 Å². The Kier molecular flexibility index (Phi) is 7.06. The maximum absolute atomic E-state index is 5.83. The van der Waals surface area contributed by atoms with E-state index < -0.39 is 0 Å². The first-order valence-electron chi connectivity index (χ1n) is 7.03. The van der Waals surface area contributed by atoms with Crippen molar-refractivity contribution >= 4 is 0 Å². The molecule has 0 aliphatic heterocycles. The van der Waals surface area contributed by atoms with E-state index in [2.05, 4.69) is 26.1 Å². The first-order chi connectivity index (χ1) is 7.68. The minimum atomic E-state index is 0.439. The zero-order valence-electron chi connectivity index (χ0n) is 11.3. The predicted octanol–water partition coefficient (Wildman–Crippen LogP) is 3.36. The summed E-state index contributed by atoms with van der Waals surface area (Å²) in [5, 5.41) is 3.44. The van der Waals surface area contributed by atoms with Gasteiger partial charge in [-0.25, -0.2) is 0 Å². The van der Waals surface area contributed by atoms with Crippen molar-refractivity contribution in [1.82, 2.24) is 5.32 Å². The first-order valence-corrected chi connectivity index (χ1v) is 7.03. The van der Waals surface area contributed by atoms with Crippen LogP contribution < -0.4 is 5.32 Å². The molecule has 0 aromatic carbocycles. The zero-order chi connectivity index (χ0) is 11.8. The molecule has 1 unspecified atom stereocenters. The van der Waals surface area contributed by atoms with Crippen molar-refractivity contribution in [3.05, 3.63) is 0 Å². The van der Waals surface area contributed by atoms with Gasteiger partial charge in [-0.2, -0.15) is 0 Å². The summed E-state index contributed by atoms with van der Waals surface area (Å²) in [6, 6.07) is 0.606. The van der Waals surface area contributed by atoms with E-state index in [-0.39, 0.29) is 0 Å². The van der Waals surface area contributed by atoms with Crippen LogP contribution in [-0.2, 0) is 4.74 Å². The number of hydrogen-bond donors (Lipinski definition) is 1. The minimum Gasteiger partial charge on any atom is -0.378 e. The highest BCUT2D eigenvalue weighted by Crippen LogP contribution is 2.29. The van der Waals surface area contributed by atoms with Gasteiger partial charge < -0.3 is 10.1 Å². The monoisotopic (exact) mass is 227 g/mol. The van der Waals surface area contributed by atoms with Gasteiger partial charge >= 0.3 is 0 Å². The van der Waals surface area contributed by atoms with Crippen LogP contribution in [0.1, 0.15) is 59.3 Å². The van der Waals surface area contributed by atoms with Crippen molar-refractivity contribution in [3.8, 4) is 0 Å². The second kappa shape index (κ2) is 8.08. The molecule has 1 rings (SSSR count). The fraction of sp³-hybridized carbons (Fsp3) is 1.00. The lowest BCUT2D eigenvalue weighted by Crippen LogP contribution is -2.24. The van der Waals surface area contributed by atoms with Crippen LogP contribution in [0, 0.1) is 5.92 Å². The number of rotatable bonds is 9. The third-order valence-electron chi connectivity index (χ3n) is 3.49. The Balaban J connectivity index is 1.83. The van der Waals surface area contributed by atoms with Crippen LogP contribution in [0.3, 0.4) is 0 Å². The Morgan fingerprint density at radius 2 is 2.00 bits per heavy atom. The van der Waals surface area contributed by atoms with Crippen LogP contribution in [0.15, 0.2) is 0 Å². The van der Waals surface area contributed by atoms with E-state index in [4.69, 9.17) is 4.74 Å². The largest absolute Gasteiger partial charge is 0.378 e. The van der Waals surface area contributed by atoms with Crippen LogP contribution in [-0.4, -0.2) is 25.3 Å². The lowest BCUT2D eigenvalue weighted by Gasteiger charge is -2.25. The number of hydrogen-bond acceptors (Lipinski definition) is 2. The molecule has 0 bridgehead atoms. The summed E-state index contributed by atoms with van der Waals surface area (Å²) in [6.07, 6.45) is 8.46. The molecule has 2 heteroatoms. The van der Waals surface area contributed by atoms with Crippen molar-refractivity contribution in [1.29, 1.82) is 0 Å². The molecule has 1 aliphatic rings. The second-order valence-corrected chi connectivity index (χ2v) is 5.52. The number of nitrogens with one attached hydrogen (secondary N) is 1. The quantitative estimate of drug-likeness (QED) is 0.610. The van der Waals surface area contributed by atoms with Gasteiger partial charge in [0, 0.05) is 12.6 Å². The molecule has 1 fully saturated rings. The van der Waals surface area contributed by atoms with Crippen LogP contribution in [0.5, 0.6) is 0 Å². The van der Waals surface area contributed by atoms with E-state index in [0.29, 0.717) is 12.1 Å².